The first kappa shape index (κ1) is 10.5. The molecule has 1 unspecified atom stereocenters. The van der Waals surface area contributed by atoms with E-state index in [0.717, 1.165) is 17.5 Å². The third-order valence-electron chi connectivity index (χ3n) is 2.50. The molecule has 0 aromatic heterocycles. The van der Waals surface area contributed by atoms with Crippen LogP contribution in [0.2, 0.25) is 5.02 Å². The highest BCUT2D eigenvalue weighted by Gasteiger charge is 2.18. The standard InChI is InChI=1S/C12H13ClO2/c1-8-7-9(4-5-10(8)13)12(14)11-3-2-6-15-11/h3-5,7,12,14H,2,6H2,1H3. The number of benzene rings is 1. The molecule has 15 heavy (non-hydrogen) atoms. The van der Waals surface area contributed by atoms with E-state index in [1.54, 1.807) is 6.07 Å². The van der Waals surface area contributed by atoms with E-state index in [4.69, 9.17) is 16.3 Å². The van der Waals surface area contributed by atoms with Crippen LogP contribution in [-0.2, 0) is 4.74 Å². The molecular weight excluding hydrogens is 212 g/mol. The zero-order valence-corrected chi connectivity index (χ0v) is 9.29. The Balaban J connectivity index is 2.25. The molecule has 0 radical (unpaired) electrons. The van der Waals surface area contributed by atoms with Crippen molar-refractivity contribution in [2.75, 3.05) is 6.61 Å². The molecule has 0 bridgehead atoms. The molecule has 0 saturated heterocycles. The lowest BCUT2D eigenvalue weighted by Gasteiger charge is -2.13. The van der Waals surface area contributed by atoms with Crippen LogP contribution in [0.5, 0.6) is 0 Å². The fourth-order valence-corrected chi connectivity index (χ4v) is 1.75. The Morgan fingerprint density at radius 3 is 2.87 bits per heavy atom. The molecule has 1 atom stereocenters. The normalized spacial score (nSPS) is 17.1. The van der Waals surface area contributed by atoms with Crippen LogP contribution in [0.1, 0.15) is 23.7 Å². The molecule has 0 amide bonds. The van der Waals surface area contributed by atoms with Crippen molar-refractivity contribution in [3.05, 3.63) is 46.2 Å². The van der Waals surface area contributed by atoms with Gasteiger partial charge in [0.25, 0.3) is 0 Å². The van der Waals surface area contributed by atoms with Crippen molar-refractivity contribution in [3.8, 4) is 0 Å². The molecule has 2 nitrogen and oxygen atoms in total. The van der Waals surface area contributed by atoms with Gasteiger partial charge in [0.15, 0.2) is 0 Å². The summed E-state index contributed by atoms with van der Waals surface area (Å²) in [7, 11) is 0. The molecule has 1 aromatic rings. The van der Waals surface area contributed by atoms with Crippen molar-refractivity contribution in [2.24, 2.45) is 0 Å². The van der Waals surface area contributed by atoms with Crippen molar-refractivity contribution < 1.29 is 9.84 Å². The summed E-state index contributed by atoms with van der Waals surface area (Å²) >= 11 is 5.92. The quantitative estimate of drug-likeness (QED) is 0.837. The van der Waals surface area contributed by atoms with Crippen LogP contribution in [0.4, 0.5) is 0 Å². The summed E-state index contributed by atoms with van der Waals surface area (Å²) in [5.74, 6) is 0.650. The van der Waals surface area contributed by atoms with Gasteiger partial charge in [0.2, 0.25) is 0 Å². The molecule has 80 valence electrons. The Morgan fingerprint density at radius 2 is 2.27 bits per heavy atom. The summed E-state index contributed by atoms with van der Waals surface area (Å²) in [5.41, 5.74) is 1.79. The van der Waals surface area contributed by atoms with Gasteiger partial charge in [-0.25, -0.2) is 0 Å². The minimum atomic E-state index is -0.663. The highest BCUT2D eigenvalue weighted by molar-refractivity contribution is 6.31. The van der Waals surface area contributed by atoms with Gasteiger partial charge in [-0.1, -0.05) is 23.7 Å². The van der Waals surface area contributed by atoms with E-state index < -0.39 is 6.10 Å². The second-order valence-corrected chi connectivity index (χ2v) is 4.06. The number of aryl methyl sites for hydroxylation is 1. The smallest absolute Gasteiger partial charge is 0.136 e. The summed E-state index contributed by atoms with van der Waals surface area (Å²) in [6, 6.07) is 5.50. The molecule has 1 N–H and O–H groups in total. The van der Waals surface area contributed by atoms with Gasteiger partial charge < -0.3 is 9.84 Å². The maximum absolute atomic E-state index is 10.00. The van der Waals surface area contributed by atoms with Gasteiger partial charge in [0.05, 0.1) is 6.61 Å². The Morgan fingerprint density at radius 1 is 1.47 bits per heavy atom. The van der Waals surface area contributed by atoms with E-state index in [1.807, 2.05) is 25.1 Å². The lowest BCUT2D eigenvalue weighted by atomic mass is 10.1. The highest BCUT2D eigenvalue weighted by atomic mass is 35.5. The number of rotatable bonds is 2. The summed E-state index contributed by atoms with van der Waals surface area (Å²) in [5, 5.41) is 10.7. The minimum absolute atomic E-state index is 0.650. The first-order valence-corrected chi connectivity index (χ1v) is 5.33. The second kappa shape index (κ2) is 4.25. The molecular formula is C12H13ClO2. The number of aliphatic hydroxyl groups excluding tert-OH is 1. The summed E-state index contributed by atoms with van der Waals surface area (Å²) < 4.78 is 5.32. The fourth-order valence-electron chi connectivity index (χ4n) is 1.63. The SMILES string of the molecule is Cc1cc(C(O)C2=CCCO2)ccc1Cl. The average Bonchev–Trinajstić information content (AvgIpc) is 2.74. The maximum Gasteiger partial charge on any atom is 0.136 e. The zero-order chi connectivity index (χ0) is 10.8. The highest BCUT2D eigenvalue weighted by Crippen LogP contribution is 2.28. The first-order chi connectivity index (χ1) is 7.18. The van der Waals surface area contributed by atoms with Crippen molar-refractivity contribution in [1.82, 2.24) is 0 Å². The van der Waals surface area contributed by atoms with Crippen LogP contribution >= 0.6 is 11.6 Å². The van der Waals surface area contributed by atoms with Crippen molar-refractivity contribution in [2.45, 2.75) is 19.4 Å². The lowest BCUT2D eigenvalue weighted by molar-refractivity contribution is 0.119. The van der Waals surface area contributed by atoms with Gasteiger partial charge in [-0.3, -0.25) is 0 Å². The maximum atomic E-state index is 10.00. The number of aliphatic hydroxyl groups is 1. The summed E-state index contributed by atoms with van der Waals surface area (Å²) in [6.45, 7) is 2.58. The van der Waals surface area contributed by atoms with Gasteiger partial charge in [-0.15, -0.1) is 0 Å². The van der Waals surface area contributed by atoms with Crippen LogP contribution in [0.15, 0.2) is 30.0 Å². The molecule has 1 heterocycles. The van der Waals surface area contributed by atoms with E-state index in [9.17, 15) is 5.11 Å². The number of hydrogen-bond acceptors (Lipinski definition) is 2. The molecule has 0 spiro atoms. The van der Waals surface area contributed by atoms with E-state index >= 15 is 0 Å². The first-order valence-electron chi connectivity index (χ1n) is 4.95. The van der Waals surface area contributed by atoms with Crippen LogP contribution in [-0.4, -0.2) is 11.7 Å². The van der Waals surface area contributed by atoms with Gasteiger partial charge in [-0.05, 0) is 30.2 Å². The summed E-state index contributed by atoms with van der Waals surface area (Å²) in [4.78, 5) is 0. The van der Waals surface area contributed by atoms with Crippen LogP contribution in [0, 0.1) is 6.92 Å². The molecule has 3 heteroatoms. The number of ether oxygens (including phenoxy) is 1. The monoisotopic (exact) mass is 224 g/mol. The third kappa shape index (κ3) is 2.16. The van der Waals surface area contributed by atoms with E-state index in [0.29, 0.717) is 17.4 Å². The van der Waals surface area contributed by atoms with Gasteiger partial charge in [-0.2, -0.15) is 0 Å². The Hall–Kier alpha value is -0.990. The molecule has 2 rings (SSSR count). The molecule has 1 aliphatic rings. The van der Waals surface area contributed by atoms with Crippen LogP contribution in [0.25, 0.3) is 0 Å². The predicted octanol–water partition coefficient (Wildman–Crippen LogP) is 2.99. The molecule has 0 saturated carbocycles. The Kier molecular flexibility index (Phi) is 2.98. The zero-order valence-electron chi connectivity index (χ0n) is 8.53. The van der Waals surface area contributed by atoms with E-state index in [1.165, 1.54) is 0 Å². The average molecular weight is 225 g/mol. The third-order valence-corrected chi connectivity index (χ3v) is 2.92. The molecule has 0 fully saturated rings. The topological polar surface area (TPSA) is 29.5 Å². The van der Waals surface area contributed by atoms with Crippen molar-refractivity contribution in [3.63, 3.8) is 0 Å². The van der Waals surface area contributed by atoms with Crippen LogP contribution in [0.3, 0.4) is 0 Å². The number of halogens is 1. The molecule has 1 aliphatic heterocycles. The van der Waals surface area contributed by atoms with Crippen molar-refractivity contribution in [1.29, 1.82) is 0 Å². The Bertz CT molecular complexity index is 399. The Labute approximate surface area is 94.1 Å². The molecule has 0 aliphatic carbocycles. The van der Waals surface area contributed by atoms with Gasteiger partial charge >= 0.3 is 0 Å². The van der Waals surface area contributed by atoms with E-state index in [-0.39, 0.29) is 0 Å². The van der Waals surface area contributed by atoms with Crippen LogP contribution < -0.4 is 0 Å². The number of hydrogen-bond donors (Lipinski definition) is 1. The van der Waals surface area contributed by atoms with Crippen molar-refractivity contribution >= 4 is 11.6 Å². The van der Waals surface area contributed by atoms with E-state index in [2.05, 4.69) is 0 Å². The fraction of sp³-hybridized carbons (Fsp3) is 0.333. The van der Waals surface area contributed by atoms with Gasteiger partial charge in [0, 0.05) is 11.4 Å². The second-order valence-electron chi connectivity index (χ2n) is 3.65. The lowest BCUT2D eigenvalue weighted by Crippen LogP contribution is -2.02. The largest absolute Gasteiger partial charge is 0.495 e. The van der Waals surface area contributed by atoms with Gasteiger partial charge in [0.1, 0.15) is 11.9 Å². The minimum Gasteiger partial charge on any atom is -0.495 e. The molecule has 1 aromatic carbocycles. The predicted molar refractivity (Wildman–Crippen MR) is 59.8 cm³/mol. The summed E-state index contributed by atoms with van der Waals surface area (Å²) in [6.07, 6.45) is 2.14.